The summed E-state index contributed by atoms with van der Waals surface area (Å²) in [5.74, 6) is 0.168. The van der Waals surface area contributed by atoms with Crippen LogP contribution in [-0.2, 0) is 4.79 Å². The van der Waals surface area contributed by atoms with Gasteiger partial charge in [-0.05, 0) is 12.8 Å². The molecule has 0 aliphatic carbocycles. The lowest BCUT2D eigenvalue weighted by molar-refractivity contribution is -0.129. The Bertz CT molecular complexity index is 130. The van der Waals surface area contributed by atoms with Gasteiger partial charge in [-0.3, -0.25) is 4.79 Å². The lowest BCUT2D eigenvalue weighted by Crippen LogP contribution is -2.36. The van der Waals surface area contributed by atoms with Gasteiger partial charge in [0.25, 0.3) is 0 Å². The van der Waals surface area contributed by atoms with E-state index in [1.54, 1.807) is 0 Å². The number of hydrogen-bond donors (Lipinski definition) is 1. The number of rotatable bonds is 4. The SMILES string of the molecule is CCCNC(=O)C(C)(C)CC. The van der Waals surface area contributed by atoms with Crippen molar-refractivity contribution in [1.82, 2.24) is 5.32 Å². The van der Waals surface area contributed by atoms with Crippen molar-refractivity contribution >= 4 is 5.91 Å². The van der Waals surface area contributed by atoms with E-state index in [1.807, 2.05) is 20.8 Å². The van der Waals surface area contributed by atoms with E-state index in [1.165, 1.54) is 0 Å². The van der Waals surface area contributed by atoms with E-state index < -0.39 is 0 Å². The second-order valence-corrected chi connectivity index (χ2v) is 3.49. The van der Waals surface area contributed by atoms with Crippen LogP contribution in [0.5, 0.6) is 0 Å². The number of hydrogen-bond acceptors (Lipinski definition) is 1. The highest BCUT2D eigenvalue weighted by atomic mass is 16.2. The fourth-order valence-electron chi connectivity index (χ4n) is 0.638. The van der Waals surface area contributed by atoms with Crippen molar-refractivity contribution < 1.29 is 4.79 Å². The summed E-state index contributed by atoms with van der Waals surface area (Å²) in [7, 11) is 0. The van der Waals surface area contributed by atoms with Crippen LogP contribution in [0.3, 0.4) is 0 Å². The largest absolute Gasteiger partial charge is 0.356 e. The number of nitrogens with one attached hydrogen (secondary N) is 1. The van der Waals surface area contributed by atoms with E-state index >= 15 is 0 Å². The summed E-state index contributed by atoms with van der Waals surface area (Å²) in [6.07, 6.45) is 1.90. The maximum atomic E-state index is 11.3. The molecule has 0 bridgehead atoms. The number of carbonyl (C=O) groups excluding carboxylic acids is 1. The first-order valence-electron chi connectivity index (χ1n) is 4.33. The van der Waals surface area contributed by atoms with Gasteiger partial charge >= 0.3 is 0 Å². The van der Waals surface area contributed by atoms with Crippen molar-refractivity contribution in [2.24, 2.45) is 5.41 Å². The first-order chi connectivity index (χ1) is 5.04. The molecular weight excluding hydrogens is 138 g/mol. The molecule has 0 fully saturated rings. The lowest BCUT2D eigenvalue weighted by atomic mass is 9.89. The molecule has 0 heterocycles. The highest BCUT2D eigenvalue weighted by Crippen LogP contribution is 2.18. The van der Waals surface area contributed by atoms with Crippen LogP contribution in [0.2, 0.25) is 0 Å². The average molecular weight is 157 g/mol. The van der Waals surface area contributed by atoms with E-state index in [0.717, 1.165) is 19.4 Å². The predicted molar refractivity (Wildman–Crippen MR) is 47.4 cm³/mol. The van der Waals surface area contributed by atoms with Gasteiger partial charge in [-0.25, -0.2) is 0 Å². The van der Waals surface area contributed by atoms with Gasteiger partial charge in [-0.15, -0.1) is 0 Å². The fourth-order valence-corrected chi connectivity index (χ4v) is 0.638. The van der Waals surface area contributed by atoms with Crippen molar-refractivity contribution in [3.05, 3.63) is 0 Å². The maximum absolute atomic E-state index is 11.3. The molecule has 0 aliphatic heterocycles. The third-order valence-electron chi connectivity index (χ3n) is 2.03. The number of amides is 1. The minimum atomic E-state index is -0.199. The first kappa shape index (κ1) is 10.5. The van der Waals surface area contributed by atoms with Crippen molar-refractivity contribution in [3.63, 3.8) is 0 Å². The summed E-state index contributed by atoms with van der Waals surface area (Å²) in [6.45, 7) is 8.82. The predicted octanol–water partition coefficient (Wildman–Crippen LogP) is 1.95. The number of carbonyl (C=O) groups is 1. The normalized spacial score (nSPS) is 11.3. The maximum Gasteiger partial charge on any atom is 0.225 e. The summed E-state index contributed by atoms with van der Waals surface area (Å²) in [5, 5.41) is 2.88. The quantitative estimate of drug-likeness (QED) is 0.664. The standard InChI is InChI=1S/C9H19NO/c1-5-7-10-8(11)9(3,4)6-2/h5-7H2,1-4H3,(H,10,11). The van der Waals surface area contributed by atoms with Gasteiger partial charge in [-0.1, -0.05) is 27.7 Å². The Labute approximate surface area is 69.4 Å². The zero-order valence-corrected chi connectivity index (χ0v) is 8.03. The average Bonchev–Trinajstić information content (AvgIpc) is 2.00. The zero-order chi connectivity index (χ0) is 8.91. The molecule has 0 spiro atoms. The van der Waals surface area contributed by atoms with E-state index in [0.29, 0.717) is 0 Å². The van der Waals surface area contributed by atoms with Crippen LogP contribution in [0, 0.1) is 5.41 Å². The van der Waals surface area contributed by atoms with Gasteiger partial charge in [0, 0.05) is 12.0 Å². The molecule has 0 aromatic carbocycles. The molecule has 1 amide bonds. The first-order valence-corrected chi connectivity index (χ1v) is 4.33. The Kier molecular flexibility index (Phi) is 4.16. The molecule has 0 saturated heterocycles. The van der Waals surface area contributed by atoms with Gasteiger partial charge in [0.1, 0.15) is 0 Å². The Morgan fingerprint density at radius 2 is 1.91 bits per heavy atom. The topological polar surface area (TPSA) is 29.1 Å². The van der Waals surface area contributed by atoms with E-state index in [4.69, 9.17) is 0 Å². The molecule has 0 aromatic heterocycles. The molecule has 0 aliphatic rings. The molecule has 0 unspecified atom stereocenters. The third kappa shape index (κ3) is 3.40. The van der Waals surface area contributed by atoms with Crippen LogP contribution in [-0.4, -0.2) is 12.5 Å². The van der Waals surface area contributed by atoms with Crippen molar-refractivity contribution in [1.29, 1.82) is 0 Å². The summed E-state index contributed by atoms with van der Waals surface area (Å²) >= 11 is 0. The molecule has 2 nitrogen and oxygen atoms in total. The molecule has 0 rings (SSSR count). The molecule has 11 heavy (non-hydrogen) atoms. The van der Waals surface area contributed by atoms with Crippen LogP contribution >= 0.6 is 0 Å². The van der Waals surface area contributed by atoms with Crippen molar-refractivity contribution in [2.45, 2.75) is 40.5 Å². The van der Waals surface area contributed by atoms with Crippen LogP contribution in [0.15, 0.2) is 0 Å². The zero-order valence-electron chi connectivity index (χ0n) is 8.03. The van der Waals surface area contributed by atoms with Crippen LogP contribution < -0.4 is 5.32 Å². The summed E-state index contributed by atoms with van der Waals surface area (Å²) < 4.78 is 0. The highest BCUT2D eigenvalue weighted by Gasteiger charge is 2.24. The Hall–Kier alpha value is -0.530. The molecule has 2 heteroatoms. The van der Waals surface area contributed by atoms with Gasteiger partial charge in [0.05, 0.1) is 0 Å². The van der Waals surface area contributed by atoms with E-state index in [2.05, 4.69) is 12.2 Å². The minimum Gasteiger partial charge on any atom is -0.356 e. The molecule has 0 radical (unpaired) electrons. The van der Waals surface area contributed by atoms with Crippen LogP contribution in [0.4, 0.5) is 0 Å². The summed E-state index contributed by atoms with van der Waals surface area (Å²) in [6, 6.07) is 0. The fraction of sp³-hybridized carbons (Fsp3) is 0.889. The minimum absolute atomic E-state index is 0.168. The van der Waals surface area contributed by atoms with Crippen molar-refractivity contribution in [2.75, 3.05) is 6.54 Å². The van der Waals surface area contributed by atoms with Crippen LogP contribution in [0.25, 0.3) is 0 Å². The Morgan fingerprint density at radius 1 is 1.36 bits per heavy atom. The molecular formula is C9H19NO. The van der Waals surface area contributed by atoms with E-state index in [-0.39, 0.29) is 11.3 Å². The second-order valence-electron chi connectivity index (χ2n) is 3.49. The molecule has 1 N–H and O–H groups in total. The van der Waals surface area contributed by atoms with Gasteiger partial charge in [0.15, 0.2) is 0 Å². The molecule has 0 aromatic rings. The smallest absolute Gasteiger partial charge is 0.225 e. The Morgan fingerprint density at radius 3 is 2.27 bits per heavy atom. The highest BCUT2D eigenvalue weighted by molar-refractivity contribution is 5.81. The van der Waals surface area contributed by atoms with Gasteiger partial charge in [-0.2, -0.15) is 0 Å². The molecule has 0 saturated carbocycles. The second kappa shape index (κ2) is 4.37. The van der Waals surface area contributed by atoms with E-state index in [9.17, 15) is 4.79 Å². The van der Waals surface area contributed by atoms with Gasteiger partial charge in [0.2, 0.25) is 5.91 Å². The summed E-state index contributed by atoms with van der Waals surface area (Å²) in [5.41, 5.74) is -0.199. The Balaban J connectivity index is 3.82. The van der Waals surface area contributed by atoms with Gasteiger partial charge < -0.3 is 5.32 Å². The molecule has 0 atom stereocenters. The summed E-state index contributed by atoms with van der Waals surface area (Å²) in [4.78, 5) is 11.3. The van der Waals surface area contributed by atoms with Crippen LogP contribution in [0.1, 0.15) is 40.5 Å². The molecule has 66 valence electrons. The third-order valence-corrected chi connectivity index (χ3v) is 2.03. The monoisotopic (exact) mass is 157 g/mol. The van der Waals surface area contributed by atoms with Crippen molar-refractivity contribution in [3.8, 4) is 0 Å². The lowest BCUT2D eigenvalue weighted by Gasteiger charge is -2.20.